The zero-order valence-corrected chi connectivity index (χ0v) is 12.6. The van der Waals surface area contributed by atoms with Crippen LogP contribution in [-0.2, 0) is 0 Å². The normalized spacial score (nSPS) is 10.9. The Morgan fingerprint density at radius 2 is 1.90 bits per heavy atom. The van der Waals surface area contributed by atoms with Crippen LogP contribution in [0.1, 0.15) is 10.7 Å². The quantitative estimate of drug-likeness (QED) is 0.750. The Morgan fingerprint density at radius 3 is 2.50 bits per heavy atom. The number of thiazole rings is 1. The molecule has 0 aliphatic carbocycles. The predicted molar refractivity (Wildman–Crippen MR) is 84.0 cm³/mol. The first-order valence-electron chi connectivity index (χ1n) is 6.10. The third kappa shape index (κ3) is 2.19. The van der Waals surface area contributed by atoms with E-state index in [2.05, 4.69) is 15.2 Å². The van der Waals surface area contributed by atoms with Crippen molar-refractivity contribution in [1.29, 1.82) is 0 Å². The van der Waals surface area contributed by atoms with Gasteiger partial charge in [0.15, 0.2) is 5.82 Å². The summed E-state index contributed by atoms with van der Waals surface area (Å²) in [6, 6.07) is 7.57. The molecule has 2 heterocycles. The number of hydrogen-bond acceptors (Lipinski definition) is 4. The molecule has 20 heavy (non-hydrogen) atoms. The van der Waals surface area contributed by atoms with E-state index in [-0.39, 0.29) is 0 Å². The van der Waals surface area contributed by atoms with Crippen LogP contribution < -0.4 is 5.73 Å². The van der Waals surface area contributed by atoms with Gasteiger partial charge in [-0.15, -0.1) is 11.3 Å². The number of aryl methyl sites for hydroxylation is 2. The SMILES string of the molecule is Cc1nc(C)c(-c2[nH]nc(N)c2-c2ccc(Cl)cc2)s1. The standard InChI is InChI=1S/C14H13ClN4S/c1-7-13(20-8(2)17-7)12-11(14(16)19-18-12)9-3-5-10(15)6-4-9/h3-6H,1-2H3,(H3,16,18,19). The summed E-state index contributed by atoms with van der Waals surface area (Å²) in [5.41, 5.74) is 9.79. The van der Waals surface area contributed by atoms with E-state index in [9.17, 15) is 0 Å². The Bertz CT molecular complexity index is 758. The zero-order chi connectivity index (χ0) is 14.3. The van der Waals surface area contributed by atoms with Crippen molar-refractivity contribution in [2.24, 2.45) is 0 Å². The van der Waals surface area contributed by atoms with Gasteiger partial charge in [-0.1, -0.05) is 23.7 Å². The number of aromatic nitrogens is 3. The Hall–Kier alpha value is -1.85. The van der Waals surface area contributed by atoms with Gasteiger partial charge in [0.2, 0.25) is 0 Å². The number of hydrogen-bond donors (Lipinski definition) is 2. The topological polar surface area (TPSA) is 67.6 Å². The molecule has 0 fully saturated rings. The summed E-state index contributed by atoms with van der Waals surface area (Å²) in [6.07, 6.45) is 0. The van der Waals surface area contributed by atoms with E-state index in [0.29, 0.717) is 10.8 Å². The largest absolute Gasteiger partial charge is 0.382 e. The molecule has 0 amide bonds. The van der Waals surface area contributed by atoms with Crippen LogP contribution >= 0.6 is 22.9 Å². The maximum absolute atomic E-state index is 6.01. The van der Waals surface area contributed by atoms with Crippen molar-refractivity contribution >= 4 is 28.8 Å². The number of H-pyrrole nitrogens is 1. The van der Waals surface area contributed by atoms with E-state index in [1.807, 2.05) is 38.1 Å². The lowest BCUT2D eigenvalue weighted by Gasteiger charge is -2.03. The lowest BCUT2D eigenvalue weighted by molar-refractivity contribution is 1.10. The van der Waals surface area contributed by atoms with Crippen LogP contribution in [0, 0.1) is 13.8 Å². The molecule has 102 valence electrons. The smallest absolute Gasteiger partial charge is 0.153 e. The van der Waals surface area contributed by atoms with Gasteiger partial charge >= 0.3 is 0 Å². The van der Waals surface area contributed by atoms with Gasteiger partial charge in [0, 0.05) is 5.02 Å². The molecule has 0 saturated carbocycles. The summed E-state index contributed by atoms with van der Waals surface area (Å²) in [5, 5.41) is 8.88. The fourth-order valence-electron chi connectivity index (χ4n) is 2.19. The van der Waals surface area contributed by atoms with Crippen molar-refractivity contribution in [1.82, 2.24) is 15.2 Å². The van der Waals surface area contributed by atoms with Crippen LogP contribution in [0.3, 0.4) is 0 Å². The van der Waals surface area contributed by atoms with E-state index in [1.165, 1.54) is 0 Å². The van der Waals surface area contributed by atoms with E-state index in [1.54, 1.807) is 11.3 Å². The average molecular weight is 305 g/mol. The molecule has 3 N–H and O–H groups in total. The molecule has 0 bridgehead atoms. The number of aromatic amines is 1. The molecule has 0 unspecified atom stereocenters. The molecule has 0 aliphatic heterocycles. The van der Waals surface area contributed by atoms with Crippen molar-refractivity contribution in [2.45, 2.75) is 13.8 Å². The fraction of sp³-hybridized carbons (Fsp3) is 0.143. The highest BCUT2D eigenvalue weighted by molar-refractivity contribution is 7.15. The molecule has 0 spiro atoms. The highest BCUT2D eigenvalue weighted by Gasteiger charge is 2.18. The van der Waals surface area contributed by atoms with Gasteiger partial charge in [-0.2, -0.15) is 5.10 Å². The lowest BCUT2D eigenvalue weighted by atomic mass is 10.0. The first-order valence-corrected chi connectivity index (χ1v) is 7.30. The van der Waals surface area contributed by atoms with Crippen molar-refractivity contribution in [3.63, 3.8) is 0 Å². The molecule has 3 aromatic rings. The molecule has 0 aliphatic rings. The molecular formula is C14H13ClN4S. The number of nitrogens with two attached hydrogens (primary N) is 1. The maximum atomic E-state index is 6.01. The maximum Gasteiger partial charge on any atom is 0.153 e. The van der Waals surface area contributed by atoms with Crippen LogP contribution in [0.25, 0.3) is 21.7 Å². The molecule has 1 aromatic carbocycles. The molecule has 0 saturated heterocycles. The Labute approximate surface area is 125 Å². The summed E-state index contributed by atoms with van der Waals surface area (Å²) in [4.78, 5) is 5.52. The molecule has 0 radical (unpaired) electrons. The summed E-state index contributed by atoms with van der Waals surface area (Å²) < 4.78 is 0. The lowest BCUT2D eigenvalue weighted by Crippen LogP contribution is -1.88. The number of halogens is 1. The second-order valence-electron chi connectivity index (χ2n) is 4.51. The van der Waals surface area contributed by atoms with Crippen LogP contribution in [0.4, 0.5) is 5.82 Å². The highest BCUT2D eigenvalue weighted by Crippen LogP contribution is 2.38. The van der Waals surface area contributed by atoms with E-state index in [4.69, 9.17) is 17.3 Å². The first kappa shape index (κ1) is 13.1. The number of nitrogens with one attached hydrogen (secondary N) is 1. The van der Waals surface area contributed by atoms with Crippen molar-refractivity contribution < 1.29 is 0 Å². The van der Waals surface area contributed by atoms with Gasteiger partial charge in [-0.3, -0.25) is 5.10 Å². The molecule has 3 rings (SSSR count). The third-order valence-electron chi connectivity index (χ3n) is 3.06. The highest BCUT2D eigenvalue weighted by atomic mass is 35.5. The third-order valence-corrected chi connectivity index (χ3v) is 4.40. The number of nitrogen functional groups attached to an aromatic ring is 1. The zero-order valence-electron chi connectivity index (χ0n) is 11.1. The minimum absolute atomic E-state index is 0.479. The summed E-state index contributed by atoms with van der Waals surface area (Å²) in [6.45, 7) is 3.98. The number of anilines is 1. The van der Waals surface area contributed by atoms with Crippen LogP contribution in [0.2, 0.25) is 5.02 Å². The molecular weight excluding hydrogens is 292 g/mol. The van der Waals surface area contributed by atoms with Gasteiger partial charge in [-0.25, -0.2) is 4.98 Å². The summed E-state index contributed by atoms with van der Waals surface area (Å²) >= 11 is 7.56. The van der Waals surface area contributed by atoms with Gasteiger partial charge in [0.05, 0.1) is 26.8 Å². The van der Waals surface area contributed by atoms with Crippen molar-refractivity contribution in [3.05, 3.63) is 40.0 Å². The number of benzene rings is 1. The van der Waals surface area contributed by atoms with Crippen molar-refractivity contribution in [2.75, 3.05) is 5.73 Å². The van der Waals surface area contributed by atoms with Gasteiger partial charge < -0.3 is 5.73 Å². The average Bonchev–Trinajstić information content (AvgIpc) is 2.93. The summed E-state index contributed by atoms with van der Waals surface area (Å²) in [5.74, 6) is 0.479. The van der Waals surface area contributed by atoms with Gasteiger partial charge in [0.1, 0.15) is 0 Å². The van der Waals surface area contributed by atoms with Crippen molar-refractivity contribution in [3.8, 4) is 21.7 Å². The Kier molecular flexibility index (Phi) is 3.23. The monoisotopic (exact) mass is 304 g/mol. The minimum Gasteiger partial charge on any atom is -0.382 e. The second-order valence-corrected chi connectivity index (χ2v) is 6.15. The van der Waals surface area contributed by atoms with Crippen LogP contribution in [0.5, 0.6) is 0 Å². The molecule has 0 atom stereocenters. The van der Waals surface area contributed by atoms with Crippen LogP contribution in [0.15, 0.2) is 24.3 Å². The van der Waals surface area contributed by atoms with E-state index in [0.717, 1.165) is 32.4 Å². The van der Waals surface area contributed by atoms with E-state index < -0.39 is 0 Å². The minimum atomic E-state index is 0.479. The Balaban J connectivity index is 2.19. The van der Waals surface area contributed by atoms with E-state index >= 15 is 0 Å². The summed E-state index contributed by atoms with van der Waals surface area (Å²) in [7, 11) is 0. The second kappa shape index (κ2) is 4.92. The predicted octanol–water partition coefficient (Wildman–Crippen LogP) is 4.05. The van der Waals surface area contributed by atoms with Crippen LogP contribution in [-0.4, -0.2) is 15.2 Å². The Morgan fingerprint density at radius 1 is 1.20 bits per heavy atom. The molecule has 6 heteroatoms. The fourth-order valence-corrected chi connectivity index (χ4v) is 3.24. The van der Waals surface area contributed by atoms with Gasteiger partial charge in [0.25, 0.3) is 0 Å². The van der Waals surface area contributed by atoms with Gasteiger partial charge in [-0.05, 0) is 31.5 Å². The first-order chi connectivity index (χ1) is 9.56. The molecule has 2 aromatic heterocycles. The molecule has 4 nitrogen and oxygen atoms in total. The number of nitrogens with zero attached hydrogens (tertiary/aromatic N) is 2. The number of rotatable bonds is 2.